The molecule has 2 heterocycles. The highest BCUT2D eigenvalue weighted by atomic mass is 32.2. The molecular weight excluding hydrogens is 412 g/mol. The number of nitrogens with zero attached hydrogens (tertiary/aromatic N) is 3. The zero-order chi connectivity index (χ0) is 21.6. The molecule has 1 aliphatic heterocycles. The Labute approximate surface area is 185 Å². The van der Waals surface area contributed by atoms with Crippen LogP contribution in [0, 0.1) is 0 Å². The van der Waals surface area contributed by atoms with Crippen LogP contribution in [0.3, 0.4) is 0 Å². The molecule has 1 aromatic heterocycles. The molecule has 1 aliphatic rings. The van der Waals surface area contributed by atoms with Crippen LogP contribution in [0.15, 0.2) is 53.7 Å². The predicted molar refractivity (Wildman–Crippen MR) is 123 cm³/mol. The molecule has 162 valence electrons. The third kappa shape index (κ3) is 5.19. The number of nitrogens with one attached hydrogen (secondary N) is 1. The molecule has 2 amide bonds. The second-order valence-electron chi connectivity index (χ2n) is 7.35. The summed E-state index contributed by atoms with van der Waals surface area (Å²) in [6.07, 6.45) is 2.12. The van der Waals surface area contributed by atoms with E-state index < -0.39 is 0 Å². The van der Waals surface area contributed by atoms with Crippen molar-refractivity contribution in [3.05, 3.63) is 48.5 Å². The second-order valence-corrected chi connectivity index (χ2v) is 8.29. The van der Waals surface area contributed by atoms with Gasteiger partial charge >= 0.3 is 0 Å². The molecule has 1 N–H and O–H groups in total. The van der Waals surface area contributed by atoms with Crippen LogP contribution in [0.2, 0.25) is 0 Å². The van der Waals surface area contributed by atoms with E-state index in [2.05, 4.69) is 10.3 Å². The van der Waals surface area contributed by atoms with Gasteiger partial charge in [0, 0.05) is 18.8 Å². The number of benzene rings is 2. The molecule has 2 aromatic carbocycles. The number of thioether (sulfide) groups is 1. The van der Waals surface area contributed by atoms with E-state index in [1.165, 1.54) is 11.8 Å². The maximum absolute atomic E-state index is 12.7. The Morgan fingerprint density at radius 1 is 1.10 bits per heavy atom. The lowest BCUT2D eigenvalue weighted by molar-refractivity contribution is -0.130. The number of carbonyl (C=O) groups is 2. The van der Waals surface area contributed by atoms with Crippen LogP contribution in [-0.4, -0.2) is 51.7 Å². The van der Waals surface area contributed by atoms with Gasteiger partial charge in [-0.2, -0.15) is 0 Å². The number of hydrogen-bond acceptors (Lipinski definition) is 5. The van der Waals surface area contributed by atoms with Gasteiger partial charge in [-0.25, -0.2) is 4.98 Å². The number of ether oxygens (including phenoxy) is 1. The minimum Gasteiger partial charge on any atom is -0.494 e. The molecule has 31 heavy (non-hydrogen) atoms. The van der Waals surface area contributed by atoms with Gasteiger partial charge in [0.2, 0.25) is 11.8 Å². The molecule has 1 saturated heterocycles. The number of anilines is 1. The van der Waals surface area contributed by atoms with E-state index in [0.717, 1.165) is 42.7 Å². The third-order valence-electron chi connectivity index (χ3n) is 5.15. The molecular formula is C23H26N4O3S. The Hall–Kier alpha value is -3.00. The van der Waals surface area contributed by atoms with Crippen molar-refractivity contribution in [2.24, 2.45) is 0 Å². The third-order valence-corrected chi connectivity index (χ3v) is 6.13. The highest BCUT2D eigenvalue weighted by Crippen LogP contribution is 2.25. The van der Waals surface area contributed by atoms with Crippen molar-refractivity contribution in [2.45, 2.75) is 31.5 Å². The van der Waals surface area contributed by atoms with E-state index >= 15 is 0 Å². The minimum absolute atomic E-state index is 0.0985. The van der Waals surface area contributed by atoms with E-state index in [0.29, 0.717) is 17.5 Å². The molecule has 3 aromatic rings. The topological polar surface area (TPSA) is 76.5 Å². The first-order valence-electron chi connectivity index (χ1n) is 10.5. The van der Waals surface area contributed by atoms with Crippen molar-refractivity contribution in [3.63, 3.8) is 0 Å². The summed E-state index contributed by atoms with van der Waals surface area (Å²) in [5, 5.41) is 3.57. The summed E-state index contributed by atoms with van der Waals surface area (Å²) in [6.45, 7) is 4.41. The van der Waals surface area contributed by atoms with Gasteiger partial charge in [0.05, 0.1) is 23.4 Å². The van der Waals surface area contributed by atoms with Gasteiger partial charge in [-0.1, -0.05) is 23.9 Å². The molecule has 0 saturated carbocycles. The summed E-state index contributed by atoms with van der Waals surface area (Å²) < 4.78 is 7.34. The number of aromatic nitrogens is 2. The number of rotatable bonds is 8. The second kappa shape index (κ2) is 9.87. The number of carbonyl (C=O) groups excluding carboxylic acids is 2. The number of hydrogen-bond donors (Lipinski definition) is 1. The molecule has 0 radical (unpaired) electrons. The number of amides is 2. The Morgan fingerprint density at radius 2 is 1.84 bits per heavy atom. The van der Waals surface area contributed by atoms with E-state index in [1.54, 1.807) is 0 Å². The van der Waals surface area contributed by atoms with Gasteiger partial charge in [-0.15, -0.1) is 0 Å². The van der Waals surface area contributed by atoms with Gasteiger partial charge in [-0.05, 0) is 56.2 Å². The lowest BCUT2D eigenvalue weighted by atomic mass is 10.3. The van der Waals surface area contributed by atoms with Crippen molar-refractivity contribution >= 4 is 40.3 Å². The molecule has 7 nitrogen and oxygen atoms in total. The number of imidazole rings is 1. The predicted octanol–water partition coefficient (Wildman–Crippen LogP) is 3.79. The average molecular weight is 439 g/mol. The van der Waals surface area contributed by atoms with Crippen LogP contribution >= 0.6 is 11.8 Å². The van der Waals surface area contributed by atoms with Crippen LogP contribution in [0.5, 0.6) is 5.75 Å². The van der Waals surface area contributed by atoms with Gasteiger partial charge in [0.1, 0.15) is 12.3 Å². The van der Waals surface area contributed by atoms with Crippen LogP contribution in [-0.2, 0) is 16.1 Å². The van der Waals surface area contributed by atoms with Gasteiger partial charge in [-0.3, -0.25) is 9.59 Å². The Bertz CT molecular complexity index is 1060. The number of para-hydroxylation sites is 2. The normalized spacial score (nSPS) is 13.5. The smallest absolute Gasteiger partial charge is 0.242 e. The molecule has 0 unspecified atom stereocenters. The molecule has 4 rings (SSSR count). The Balaban J connectivity index is 1.43. The van der Waals surface area contributed by atoms with E-state index in [9.17, 15) is 9.59 Å². The fourth-order valence-corrected chi connectivity index (χ4v) is 4.46. The van der Waals surface area contributed by atoms with Gasteiger partial charge in [0.15, 0.2) is 5.16 Å². The van der Waals surface area contributed by atoms with Crippen molar-refractivity contribution < 1.29 is 14.3 Å². The summed E-state index contributed by atoms with van der Waals surface area (Å²) in [7, 11) is 0. The highest BCUT2D eigenvalue weighted by Gasteiger charge is 2.21. The SMILES string of the molecule is CCOc1ccc(NC(=O)CSc2nc3ccccc3n2CC(=O)N2CCCC2)cc1. The molecule has 0 bridgehead atoms. The van der Waals surface area contributed by atoms with Crippen LogP contribution < -0.4 is 10.1 Å². The maximum atomic E-state index is 12.7. The first-order chi connectivity index (χ1) is 15.1. The lowest BCUT2D eigenvalue weighted by Gasteiger charge is -2.17. The molecule has 0 spiro atoms. The van der Waals surface area contributed by atoms with E-state index in [4.69, 9.17) is 4.74 Å². The highest BCUT2D eigenvalue weighted by molar-refractivity contribution is 7.99. The zero-order valence-electron chi connectivity index (χ0n) is 17.5. The fraction of sp³-hybridized carbons (Fsp3) is 0.348. The van der Waals surface area contributed by atoms with Crippen molar-refractivity contribution in [1.29, 1.82) is 0 Å². The summed E-state index contributed by atoms with van der Waals surface area (Å²) in [5.74, 6) is 0.945. The fourth-order valence-electron chi connectivity index (χ4n) is 3.65. The van der Waals surface area contributed by atoms with Crippen molar-refractivity contribution in [2.75, 3.05) is 30.8 Å². The van der Waals surface area contributed by atoms with Crippen LogP contribution in [0.25, 0.3) is 11.0 Å². The summed E-state index contributed by atoms with van der Waals surface area (Å²) in [6, 6.07) is 15.0. The van der Waals surface area contributed by atoms with Crippen molar-refractivity contribution in [3.8, 4) is 5.75 Å². The average Bonchev–Trinajstić information content (AvgIpc) is 3.43. The summed E-state index contributed by atoms with van der Waals surface area (Å²) in [5.41, 5.74) is 2.45. The lowest BCUT2D eigenvalue weighted by Crippen LogP contribution is -2.31. The number of fused-ring (bicyclic) bond motifs is 1. The van der Waals surface area contributed by atoms with Crippen LogP contribution in [0.1, 0.15) is 19.8 Å². The van der Waals surface area contributed by atoms with E-state index in [-0.39, 0.29) is 24.1 Å². The molecule has 1 fully saturated rings. The first kappa shape index (κ1) is 21.2. The van der Waals surface area contributed by atoms with Gasteiger partial charge < -0.3 is 19.5 Å². The van der Waals surface area contributed by atoms with E-state index in [1.807, 2.05) is 64.9 Å². The monoisotopic (exact) mass is 438 g/mol. The van der Waals surface area contributed by atoms with Gasteiger partial charge in [0.25, 0.3) is 0 Å². The zero-order valence-corrected chi connectivity index (χ0v) is 18.4. The maximum Gasteiger partial charge on any atom is 0.242 e. The number of likely N-dealkylation sites (tertiary alicyclic amines) is 1. The van der Waals surface area contributed by atoms with Crippen molar-refractivity contribution in [1.82, 2.24) is 14.5 Å². The Morgan fingerprint density at radius 3 is 2.58 bits per heavy atom. The first-order valence-corrected chi connectivity index (χ1v) is 11.5. The minimum atomic E-state index is -0.126. The molecule has 0 aliphatic carbocycles. The molecule has 0 atom stereocenters. The quantitative estimate of drug-likeness (QED) is 0.542. The largest absolute Gasteiger partial charge is 0.494 e. The standard InChI is InChI=1S/C23H26N4O3S/c1-2-30-18-11-9-17(10-12-18)24-21(28)16-31-23-25-19-7-3-4-8-20(19)27(23)15-22(29)26-13-5-6-14-26/h3-4,7-12H,2,5-6,13-16H2,1H3,(H,24,28). The molecule has 8 heteroatoms. The summed E-state index contributed by atoms with van der Waals surface area (Å²) in [4.78, 5) is 31.8. The summed E-state index contributed by atoms with van der Waals surface area (Å²) >= 11 is 1.34. The Kier molecular flexibility index (Phi) is 6.76. The van der Waals surface area contributed by atoms with Crippen LogP contribution in [0.4, 0.5) is 5.69 Å².